The third-order valence-electron chi connectivity index (χ3n) is 4.99. The van der Waals surface area contributed by atoms with Gasteiger partial charge in [0.2, 0.25) is 5.91 Å². The molecule has 2 heterocycles. The van der Waals surface area contributed by atoms with Crippen LogP contribution in [0.15, 0.2) is 71.9 Å². The number of fused-ring (bicyclic) bond motifs is 5. The molecular weight excluding hydrogens is 416 g/mol. The smallest absolute Gasteiger partial charge is 0.234 e. The number of halogens is 1. The highest BCUT2D eigenvalue weighted by Crippen LogP contribution is 2.29. The van der Waals surface area contributed by atoms with Gasteiger partial charge >= 0.3 is 0 Å². The molecule has 0 bridgehead atoms. The summed E-state index contributed by atoms with van der Waals surface area (Å²) in [5.41, 5.74) is 5.14. The average molecular weight is 433 g/mol. The van der Waals surface area contributed by atoms with E-state index in [0.29, 0.717) is 5.02 Å². The number of imidazole rings is 1. The lowest BCUT2D eigenvalue weighted by atomic mass is 10.2. The topological polar surface area (TPSA) is 59.3 Å². The molecule has 0 unspecified atom stereocenters. The molecule has 5 rings (SSSR count). The molecule has 0 saturated heterocycles. The van der Waals surface area contributed by atoms with Gasteiger partial charge in [0.05, 0.1) is 22.3 Å². The minimum Gasteiger partial charge on any atom is -0.325 e. The fourth-order valence-corrected chi connectivity index (χ4v) is 4.45. The van der Waals surface area contributed by atoms with E-state index in [2.05, 4.69) is 5.32 Å². The van der Waals surface area contributed by atoms with Crippen LogP contribution in [0.25, 0.3) is 27.6 Å². The molecule has 0 fully saturated rings. The number of hydrogen-bond acceptors (Lipinski definition) is 4. The first kappa shape index (κ1) is 18.9. The summed E-state index contributed by atoms with van der Waals surface area (Å²) in [6, 6.07) is 21.4. The van der Waals surface area contributed by atoms with Crippen molar-refractivity contribution in [2.75, 3.05) is 11.1 Å². The van der Waals surface area contributed by atoms with E-state index < -0.39 is 0 Å². The number of amides is 1. The van der Waals surface area contributed by atoms with E-state index in [0.717, 1.165) is 44.0 Å². The van der Waals surface area contributed by atoms with Crippen molar-refractivity contribution < 1.29 is 4.79 Å². The number of aromatic nitrogens is 3. The van der Waals surface area contributed by atoms with Crippen LogP contribution in [-0.2, 0) is 4.79 Å². The molecule has 5 nitrogen and oxygen atoms in total. The maximum Gasteiger partial charge on any atom is 0.234 e. The predicted molar refractivity (Wildman–Crippen MR) is 124 cm³/mol. The molecule has 0 spiro atoms. The van der Waals surface area contributed by atoms with Gasteiger partial charge in [-0.1, -0.05) is 53.7 Å². The molecule has 2 aromatic heterocycles. The van der Waals surface area contributed by atoms with Gasteiger partial charge in [-0.3, -0.25) is 9.20 Å². The molecule has 0 aliphatic heterocycles. The Bertz CT molecular complexity index is 1430. The van der Waals surface area contributed by atoms with Gasteiger partial charge < -0.3 is 5.32 Å². The summed E-state index contributed by atoms with van der Waals surface area (Å²) in [4.78, 5) is 22.3. The zero-order chi connectivity index (χ0) is 20.7. The third kappa shape index (κ3) is 3.28. The SMILES string of the molecule is Cc1c(Cl)cccc1NC(=O)CSc1nc2ccccc2c2nc3ccccc3n12. The molecule has 5 aromatic rings. The Morgan fingerprint density at radius 1 is 1.00 bits per heavy atom. The number of para-hydroxylation sites is 3. The fraction of sp³-hybridized carbons (Fsp3) is 0.0870. The van der Waals surface area contributed by atoms with E-state index in [-0.39, 0.29) is 11.7 Å². The number of nitrogens with one attached hydrogen (secondary N) is 1. The van der Waals surface area contributed by atoms with Crippen LogP contribution in [-0.4, -0.2) is 26.0 Å². The summed E-state index contributed by atoms with van der Waals surface area (Å²) in [6.45, 7) is 1.89. The largest absolute Gasteiger partial charge is 0.325 e. The van der Waals surface area contributed by atoms with Gasteiger partial charge in [0, 0.05) is 16.1 Å². The van der Waals surface area contributed by atoms with Gasteiger partial charge in [-0.05, 0) is 48.9 Å². The van der Waals surface area contributed by atoms with Crippen LogP contribution < -0.4 is 5.32 Å². The summed E-state index contributed by atoms with van der Waals surface area (Å²) >= 11 is 7.55. The molecule has 0 saturated carbocycles. The van der Waals surface area contributed by atoms with Crippen molar-refractivity contribution in [1.29, 1.82) is 0 Å². The Balaban J connectivity index is 1.52. The van der Waals surface area contributed by atoms with Gasteiger partial charge in [0.25, 0.3) is 0 Å². The van der Waals surface area contributed by atoms with E-state index >= 15 is 0 Å². The maximum atomic E-state index is 12.6. The van der Waals surface area contributed by atoms with Crippen LogP contribution in [0.1, 0.15) is 5.56 Å². The van der Waals surface area contributed by atoms with Crippen LogP contribution in [0.3, 0.4) is 0 Å². The molecule has 3 aromatic carbocycles. The first-order valence-electron chi connectivity index (χ1n) is 9.45. The monoisotopic (exact) mass is 432 g/mol. The molecular formula is C23H17ClN4OS. The molecule has 0 aliphatic carbocycles. The zero-order valence-electron chi connectivity index (χ0n) is 16.1. The molecule has 1 N–H and O–H groups in total. The highest BCUT2D eigenvalue weighted by molar-refractivity contribution is 7.99. The average Bonchev–Trinajstić information content (AvgIpc) is 3.15. The van der Waals surface area contributed by atoms with Crippen molar-refractivity contribution in [1.82, 2.24) is 14.4 Å². The Morgan fingerprint density at radius 3 is 2.63 bits per heavy atom. The standard InChI is InChI=1S/C23H17ClN4OS/c1-14-16(24)8-6-11-17(14)25-21(29)13-30-23-27-18-9-3-2-7-15(18)22-26-19-10-4-5-12-20(19)28(22)23/h2-12H,13H2,1H3,(H,25,29). The lowest BCUT2D eigenvalue weighted by Crippen LogP contribution is -2.15. The Kier molecular flexibility index (Phi) is 4.81. The molecule has 148 valence electrons. The first-order valence-corrected chi connectivity index (χ1v) is 10.8. The van der Waals surface area contributed by atoms with Crippen LogP contribution in [0, 0.1) is 6.92 Å². The fourth-order valence-electron chi connectivity index (χ4n) is 3.47. The van der Waals surface area contributed by atoms with Crippen LogP contribution in [0.5, 0.6) is 0 Å². The van der Waals surface area contributed by atoms with Crippen LogP contribution in [0.4, 0.5) is 5.69 Å². The Labute approximate surface area is 182 Å². The minimum absolute atomic E-state index is 0.113. The van der Waals surface area contributed by atoms with Crippen LogP contribution >= 0.6 is 23.4 Å². The summed E-state index contributed by atoms with van der Waals surface area (Å²) in [5, 5.41) is 5.28. The predicted octanol–water partition coefficient (Wildman–Crippen LogP) is 5.73. The summed E-state index contributed by atoms with van der Waals surface area (Å²) in [5.74, 6) is 0.108. The molecule has 7 heteroatoms. The number of thioether (sulfide) groups is 1. The van der Waals surface area contributed by atoms with Crippen molar-refractivity contribution in [3.63, 3.8) is 0 Å². The number of carbonyl (C=O) groups is 1. The van der Waals surface area contributed by atoms with Crippen molar-refractivity contribution in [3.05, 3.63) is 77.3 Å². The molecule has 0 atom stereocenters. The normalized spacial score (nSPS) is 11.4. The quantitative estimate of drug-likeness (QED) is 0.291. The Hall–Kier alpha value is -3.09. The molecule has 0 aliphatic rings. The van der Waals surface area contributed by atoms with E-state index in [1.165, 1.54) is 11.8 Å². The van der Waals surface area contributed by atoms with E-state index in [1.807, 2.05) is 72.0 Å². The van der Waals surface area contributed by atoms with Crippen molar-refractivity contribution >= 4 is 62.5 Å². The van der Waals surface area contributed by atoms with Gasteiger partial charge in [-0.15, -0.1) is 0 Å². The van der Waals surface area contributed by atoms with Gasteiger partial charge in [-0.25, -0.2) is 9.97 Å². The lowest BCUT2D eigenvalue weighted by molar-refractivity contribution is -0.113. The van der Waals surface area contributed by atoms with Crippen LogP contribution in [0.2, 0.25) is 5.02 Å². The number of benzene rings is 3. The maximum absolute atomic E-state index is 12.6. The van der Waals surface area contributed by atoms with Crippen molar-refractivity contribution in [2.24, 2.45) is 0 Å². The molecule has 1 amide bonds. The number of anilines is 1. The van der Waals surface area contributed by atoms with Gasteiger partial charge in [0.15, 0.2) is 5.16 Å². The minimum atomic E-state index is -0.113. The second-order valence-corrected chi connectivity index (χ2v) is 8.27. The summed E-state index contributed by atoms with van der Waals surface area (Å²) in [6.07, 6.45) is 0. The van der Waals surface area contributed by atoms with Crippen molar-refractivity contribution in [2.45, 2.75) is 12.1 Å². The highest BCUT2D eigenvalue weighted by Gasteiger charge is 2.15. The van der Waals surface area contributed by atoms with E-state index in [1.54, 1.807) is 6.07 Å². The number of rotatable bonds is 4. The van der Waals surface area contributed by atoms with E-state index in [4.69, 9.17) is 21.6 Å². The highest BCUT2D eigenvalue weighted by atomic mass is 35.5. The third-order valence-corrected chi connectivity index (χ3v) is 6.34. The zero-order valence-corrected chi connectivity index (χ0v) is 17.7. The van der Waals surface area contributed by atoms with Gasteiger partial charge in [-0.2, -0.15) is 0 Å². The van der Waals surface area contributed by atoms with Gasteiger partial charge in [0.1, 0.15) is 5.65 Å². The van der Waals surface area contributed by atoms with E-state index in [9.17, 15) is 4.79 Å². The number of nitrogens with zero attached hydrogens (tertiary/aromatic N) is 3. The lowest BCUT2D eigenvalue weighted by Gasteiger charge is -2.10. The van der Waals surface area contributed by atoms with Crippen molar-refractivity contribution in [3.8, 4) is 0 Å². The summed E-state index contributed by atoms with van der Waals surface area (Å²) in [7, 11) is 0. The first-order chi connectivity index (χ1) is 14.6. The molecule has 30 heavy (non-hydrogen) atoms. The second-order valence-electron chi connectivity index (χ2n) is 6.92. The molecule has 0 radical (unpaired) electrons. The summed E-state index contributed by atoms with van der Waals surface area (Å²) < 4.78 is 2.03. The second kappa shape index (κ2) is 7.63. The Morgan fingerprint density at radius 2 is 1.77 bits per heavy atom. The number of hydrogen-bond donors (Lipinski definition) is 1. The number of carbonyl (C=O) groups excluding carboxylic acids is 1.